The molecule has 2 N–H and O–H groups in total. The Balaban J connectivity index is 1.97. The molecule has 0 aromatic heterocycles. The number of aliphatic hydroxyl groups is 1. The van der Waals surface area contributed by atoms with Crippen LogP contribution in [0.2, 0.25) is 0 Å². The van der Waals surface area contributed by atoms with Crippen LogP contribution < -0.4 is 5.32 Å². The van der Waals surface area contributed by atoms with Crippen LogP contribution in [-0.4, -0.2) is 18.2 Å². The van der Waals surface area contributed by atoms with Gasteiger partial charge in [0.2, 0.25) is 0 Å². The smallest absolute Gasteiger partial charge is 0.119 e. The van der Waals surface area contributed by atoms with Crippen molar-refractivity contribution in [2.24, 2.45) is 5.92 Å². The first-order chi connectivity index (χ1) is 10.8. The average Bonchev–Trinajstić information content (AvgIpc) is 2.73. The Kier molecular flexibility index (Phi) is 3.36. The zero-order chi connectivity index (χ0) is 15.0. The minimum Gasteiger partial charge on any atom is -0.380 e. The van der Waals surface area contributed by atoms with Crippen LogP contribution in [0.15, 0.2) is 48.5 Å². The second-order valence-corrected chi connectivity index (χ2v) is 6.30. The normalized spacial score (nSPS) is 20.0. The van der Waals surface area contributed by atoms with Gasteiger partial charge in [-0.1, -0.05) is 60.7 Å². The molecular weight excluding hydrogens is 270 g/mol. The van der Waals surface area contributed by atoms with Gasteiger partial charge in [-0.3, -0.25) is 0 Å². The van der Waals surface area contributed by atoms with E-state index in [2.05, 4.69) is 41.7 Å². The van der Waals surface area contributed by atoms with Gasteiger partial charge < -0.3 is 10.4 Å². The molecule has 112 valence electrons. The number of piperidine rings is 1. The molecule has 2 aromatic rings. The van der Waals surface area contributed by atoms with Crippen LogP contribution in [0.25, 0.3) is 12.2 Å². The summed E-state index contributed by atoms with van der Waals surface area (Å²) in [4.78, 5) is 0. The van der Waals surface area contributed by atoms with Gasteiger partial charge in [-0.25, -0.2) is 0 Å². The van der Waals surface area contributed by atoms with E-state index in [1.165, 1.54) is 0 Å². The molecule has 1 heterocycles. The molecule has 22 heavy (non-hydrogen) atoms. The summed E-state index contributed by atoms with van der Waals surface area (Å²) in [6.07, 6.45) is 6.26. The van der Waals surface area contributed by atoms with Crippen LogP contribution in [-0.2, 0) is 5.60 Å². The maximum atomic E-state index is 11.9. The lowest BCUT2D eigenvalue weighted by Crippen LogP contribution is -2.43. The van der Waals surface area contributed by atoms with Crippen LogP contribution in [0.4, 0.5) is 0 Å². The summed E-state index contributed by atoms with van der Waals surface area (Å²) in [7, 11) is 0. The average molecular weight is 291 g/mol. The number of rotatable bonds is 1. The van der Waals surface area contributed by atoms with E-state index in [0.29, 0.717) is 0 Å². The van der Waals surface area contributed by atoms with Gasteiger partial charge >= 0.3 is 0 Å². The standard InChI is InChI=1S/C20H21NO/c22-20(17-11-13-21-14-12-17)18-7-3-1-5-15(18)9-10-16-6-2-4-8-19(16)20/h1-10,17,21-22H,11-14H2. The van der Waals surface area contributed by atoms with Crippen molar-refractivity contribution < 1.29 is 5.11 Å². The third-order valence-corrected chi connectivity index (χ3v) is 5.12. The molecular formula is C20H21NO. The molecule has 1 saturated heterocycles. The minimum absolute atomic E-state index is 0.246. The van der Waals surface area contributed by atoms with Gasteiger partial charge in [0.25, 0.3) is 0 Å². The van der Waals surface area contributed by atoms with E-state index in [4.69, 9.17) is 0 Å². The van der Waals surface area contributed by atoms with Gasteiger partial charge in [0.1, 0.15) is 5.60 Å². The number of benzene rings is 2. The van der Waals surface area contributed by atoms with Crippen LogP contribution in [0.5, 0.6) is 0 Å². The predicted molar refractivity (Wildman–Crippen MR) is 90.4 cm³/mol. The Labute approximate surface area is 131 Å². The van der Waals surface area contributed by atoms with E-state index < -0.39 is 5.60 Å². The fourth-order valence-corrected chi connectivity index (χ4v) is 3.98. The SMILES string of the molecule is OC1(C2CCNCC2)c2ccccc2C=Cc2ccccc21. The summed E-state index contributed by atoms with van der Waals surface area (Å²) in [5.41, 5.74) is 3.43. The molecule has 2 nitrogen and oxygen atoms in total. The van der Waals surface area contributed by atoms with E-state index in [0.717, 1.165) is 48.2 Å². The third-order valence-electron chi connectivity index (χ3n) is 5.12. The maximum Gasteiger partial charge on any atom is 0.119 e. The van der Waals surface area contributed by atoms with E-state index >= 15 is 0 Å². The van der Waals surface area contributed by atoms with Crippen molar-refractivity contribution in [3.05, 3.63) is 70.8 Å². The quantitative estimate of drug-likeness (QED) is 0.844. The molecule has 0 bridgehead atoms. The monoisotopic (exact) mass is 291 g/mol. The third kappa shape index (κ3) is 2.03. The maximum absolute atomic E-state index is 11.9. The zero-order valence-corrected chi connectivity index (χ0v) is 12.6. The molecule has 0 amide bonds. The molecule has 4 rings (SSSR count). The molecule has 1 aliphatic heterocycles. The molecule has 0 unspecified atom stereocenters. The highest BCUT2D eigenvalue weighted by atomic mass is 16.3. The highest BCUT2D eigenvalue weighted by molar-refractivity contribution is 5.77. The molecule has 0 radical (unpaired) electrons. The van der Waals surface area contributed by atoms with Gasteiger partial charge in [0, 0.05) is 0 Å². The van der Waals surface area contributed by atoms with Gasteiger partial charge in [-0.05, 0) is 54.1 Å². The van der Waals surface area contributed by atoms with Crippen LogP contribution in [0, 0.1) is 5.92 Å². The van der Waals surface area contributed by atoms with Crippen molar-refractivity contribution in [1.29, 1.82) is 0 Å². The van der Waals surface area contributed by atoms with Crippen LogP contribution in [0.1, 0.15) is 35.1 Å². The van der Waals surface area contributed by atoms with Gasteiger partial charge in [0.05, 0.1) is 0 Å². The molecule has 1 fully saturated rings. The van der Waals surface area contributed by atoms with Gasteiger partial charge in [-0.15, -0.1) is 0 Å². The van der Waals surface area contributed by atoms with Crippen molar-refractivity contribution in [2.75, 3.05) is 13.1 Å². The minimum atomic E-state index is -0.904. The fraction of sp³-hybridized carbons (Fsp3) is 0.300. The second-order valence-electron chi connectivity index (χ2n) is 6.30. The van der Waals surface area contributed by atoms with E-state index in [9.17, 15) is 5.11 Å². The Bertz CT molecular complexity index is 664. The van der Waals surface area contributed by atoms with Crippen molar-refractivity contribution in [1.82, 2.24) is 5.32 Å². The van der Waals surface area contributed by atoms with Crippen LogP contribution in [0.3, 0.4) is 0 Å². The number of nitrogens with one attached hydrogen (secondary N) is 1. The van der Waals surface area contributed by atoms with Gasteiger partial charge in [0.15, 0.2) is 0 Å². The first-order valence-electron chi connectivity index (χ1n) is 8.10. The number of fused-ring (bicyclic) bond motifs is 2. The number of hydrogen-bond acceptors (Lipinski definition) is 2. The second kappa shape index (κ2) is 5.38. The largest absolute Gasteiger partial charge is 0.380 e. The predicted octanol–water partition coefficient (Wildman–Crippen LogP) is 3.41. The zero-order valence-electron chi connectivity index (χ0n) is 12.6. The first-order valence-corrected chi connectivity index (χ1v) is 8.10. The highest BCUT2D eigenvalue weighted by Crippen LogP contribution is 2.45. The molecule has 1 aliphatic carbocycles. The van der Waals surface area contributed by atoms with E-state index in [1.54, 1.807) is 0 Å². The summed E-state index contributed by atoms with van der Waals surface area (Å²) in [6, 6.07) is 16.5. The number of hydrogen-bond donors (Lipinski definition) is 2. The summed E-state index contributed by atoms with van der Waals surface area (Å²) < 4.78 is 0. The van der Waals surface area contributed by atoms with Crippen LogP contribution >= 0.6 is 0 Å². The molecule has 0 spiro atoms. The summed E-state index contributed by atoms with van der Waals surface area (Å²) in [5, 5.41) is 15.3. The molecule has 2 heteroatoms. The summed E-state index contributed by atoms with van der Waals surface area (Å²) in [6.45, 7) is 1.95. The molecule has 2 aliphatic rings. The summed E-state index contributed by atoms with van der Waals surface area (Å²) in [5.74, 6) is 0.246. The topological polar surface area (TPSA) is 32.3 Å². The van der Waals surface area contributed by atoms with Crippen molar-refractivity contribution >= 4 is 12.2 Å². The Morgan fingerprint density at radius 3 is 1.86 bits per heavy atom. The Morgan fingerprint density at radius 2 is 1.32 bits per heavy atom. The molecule has 0 saturated carbocycles. The summed E-state index contributed by atoms with van der Waals surface area (Å²) >= 11 is 0. The van der Waals surface area contributed by atoms with E-state index in [1.807, 2.05) is 24.3 Å². The van der Waals surface area contributed by atoms with E-state index in [-0.39, 0.29) is 5.92 Å². The Morgan fingerprint density at radius 1 is 0.818 bits per heavy atom. The first kappa shape index (κ1) is 13.7. The van der Waals surface area contributed by atoms with Gasteiger partial charge in [-0.2, -0.15) is 0 Å². The Hall–Kier alpha value is -1.90. The lowest BCUT2D eigenvalue weighted by molar-refractivity contribution is 0.00221. The molecule has 2 aromatic carbocycles. The van der Waals surface area contributed by atoms with Crippen molar-refractivity contribution in [3.63, 3.8) is 0 Å². The van der Waals surface area contributed by atoms with Crippen molar-refractivity contribution in [2.45, 2.75) is 18.4 Å². The lowest BCUT2D eigenvalue weighted by atomic mass is 9.70. The highest BCUT2D eigenvalue weighted by Gasteiger charge is 2.43. The fourth-order valence-electron chi connectivity index (χ4n) is 3.98. The molecule has 0 atom stereocenters. The van der Waals surface area contributed by atoms with Crippen molar-refractivity contribution in [3.8, 4) is 0 Å². The lowest BCUT2D eigenvalue weighted by Gasteiger charge is -2.40.